The van der Waals surface area contributed by atoms with Gasteiger partial charge >= 0.3 is 0 Å². The Balaban J connectivity index is 0.000000195. The van der Waals surface area contributed by atoms with E-state index < -0.39 is 6.04 Å². The molecule has 222 valence electrons. The molecule has 0 unspecified atom stereocenters. The Morgan fingerprint density at radius 3 is 1.36 bits per heavy atom. The Kier molecular flexibility index (Phi) is 10.8. The monoisotopic (exact) mass is 584 g/mol. The molecule has 5 aromatic rings. The number of carbonyl (C=O) groups excluding carboxylic acids is 2. The van der Waals surface area contributed by atoms with Crippen LogP contribution < -0.4 is 5.73 Å². The average Bonchev–Trinajstić information content (AvgIpc) is 3.34. The maximum atomic E-state index is 12.9. The molecule has 0 spiro atoms. The molecule has 6 heteroatoms. The van der Waals surface area contributed by atoms with Crippen molar-refractivity contribution in [3.63, 3.8) is 0 Å². The predicted molar refractivity (Wildman–Crippen MR) is 172 cm³/mol. The summed E-state index contributed by atoms with van der Waals surface area (Å²) in [6, 6.07) is 45.9. The van der Waals surface area contributed by atoms with E-state index in [0.29, 0.717) is 30.9 Å². The van der Waals surface area contributed by atoms with E-state index in [0.717, 1.165) is 16.7 Å². The lowest BCUT2D eigenvalue weighted by molar-refractivity contribution is 0.0359. The van der Waals surface area contributed by atoms with E-state index >= 15 is 0 Å². The SMILES string of the molecule is N[C@@H](COCc1ccccc1)c1ccccc1.O=C1c2ccccc2C(=O)N1[C@@H](COCc1ccccc1)c1ccccc1. The third-order valence-corrected chi connectivity index (χ3v) is 7.35. The first kappa shape index (κ1) is 30.6. The van der Waals surface area contributed by atoms with Gasteiger partial charge in [0.15, 0.2) is 0 Å². The number of amides is 2. The largest absolute Gasteiger partial charge is 0.375 e. The van der Waals surface area contributed by atoms with Crippen molar-refractivity contribution in [3.05, 3.63) is 179 Å². The van der Waals surface area contributed by atoms with Gasteiger partial charge in [-0.3, -0.25) is 14.5 Å². The van der Waals surface area contributed by atoms with Crippen molar-refractivity contribution < 1.29 is 19.1 Å². The van der Waals surface area contributed by atoms with Crippen LogP contribution in [0.15, 0.2) is 146 Å². The fraction of sp³-hybridized carbons (Fsp3) is 0.158. The van der Waals surface area contributed by atoms with Gasteiger partial charge in [0.1, 0.15) is 0 Å². The van der Waals surface area contributed by atoms with Crippen LogP contribution in [0.1, 0.15) is 55.1 Å². The number of hydrogen-bond donors (Lipinski definition) is 1. The number of nitrogens with zero attached hydrogens (tertiary/aromatic N) is 1. The summed E-state index contributed by atoms with van der Waals surface area (Å²) in [4.78, 5) is 27.1. The number of imide groups is 1. The van der Waals surface area contributed by atoms with Gasteiger partial charge in [0.05, 0.1) is 49.6 Å². The first-order valence-electron chi connectivity index (χ1n) is 14.7. The van der Waals surface area contributed by atoms with Crippen molar-refractivity contribution in [2.75, 3.05) is 13.2 Å². The molecule has 1 heterocycles. The number of carbonyl (C=O) groups is 2. The van der Waals surface area contributed by atoms with E-state index in [1.165, 1.54) is 10.5 Å². The first-order chi connectivity index (χ1) is 21.6. The van der Waals surface area contributed by atoms with Crippen LogP contribution in [0.25, 0.3) is 0 Å². The van der Waals surface area contributed by atoms with Crippen molar-refractivity contribution in [1.82, 2.24) is 4.90 Å². The second-order valence-electron chi connectivity index (χ2n) is 10.5. The van der Waals surface area contributed by atoms with Gasteiger partial charge in [0.25, 0.3) is 11.8 Å². The van der Waals surface area contributed by atoms with Gasteiger partial charge < -0.3 is 15.2 Å². The number of ether oxygens (including phenoxy) is 2. The zero-order valence-electron chi connectivity index (χ0n) is 24.5. The number of fused-ring (bicyclic) bond motifs is 1. The minimum atomic E-state index is -0.470. The zero-order valence-corrected chi connectivity index (χ0v) is 24.5. The smallest absolute Gasteiger partial charge is 0.262 e. The molecule has 6 nitrogen and oxygen atoms in total. The summed E-state index contributed by atoms with van der Waals surface area (Å²) >= 11 is 0. The van der Waals surface area contributed by atoms with Crippen molar-refractivity contribution in [2.45, 2.75) is 25.3 Å². The maximum Gasteiger partial charge on any atom is 0.262 e. The summed E-state index contributed by atoms with van der Waals surface area (Å²) in [5, 5.41) is 0. The lowest BCUT2D eigenvalue weighted by atomic mass is 10.1. The molecular weight excluding hydrogens is 548 g/mol. The van der Waals surface area contributed by atoms with Crippen molar-refractivity contribution >= 4 is 11.8 Å². The summed E-state index contributed by atoms with van der Waals surface area (Å²) in [6.45, 7) is 1.82. The highest BCUT2D eigenvalue weighted by Gasteiger charge is 2.40. The molecule has 0 aromatic heterocycles. The molecule has 2 atom stereocenters. The van der Waals surface area contributed by atoms with Crippen LogP contribution in [-0.2, 0) is 22.7 Å². The first-order valence-corrected chi connectivity index (χ1v) is 14.7. The lowest BCUT2D eigenvalue weighted by Crippen LogP contribution is -2.36. The molecule has 0 aliphatic carbocycles. The Morgan fingerprint density at radius 2 is 0.886 bits per heavy atom. The van der Waals surface area contributed by atoms with Crippen LogP contribution in [0.4, 0.5) is 0 Å². The normalized spacial score (nSPS) is 13.5. The summed E-state index contributed by atoms with van der Waals surface area (Å²) < 4.78 is 11.5. The van der Waals surface area contributed by atoms with Gasteiger partial charge in [-0.15, -0.1) is 0 Å². The van der Waals surface area contributed by atoms with Crippen molar-refractivity contribution in [1.29, 1.82) is 0 Å². The molecule has 1 aliphatic rings. The van der Waals surface area contributed by atoms with Crippen LogP contribution in [0.3, 0.4) is 0 Å². The second kappa shape index (κ2) is 15.5. The highest BCUT2D eigenvalue weighted by atomic mass is 16.5. The molecule has 6 rings (SSSR count). The Morgan fingerprint density at radius 1 is 0.500 bits per heavy atom. The summed E-state index contributed by atoms with van der Waals surface area (Å²) in [6.07, 6.45) is 0. The Labute approximate surface area is 258 Å². The molecule has 0 saturated carbocycles. The van der Waals surface area contributed by atoms with E-state index in [1.54, 1.807) is 24.3 Å². The molecule has 1 aliphatic heterocycles. The molecule has 0 bridgehead atoms. The maximum absolute atomic E-state index is 12.9. The minimum Gasteiger partial charge on any atom is -0.375 e. The molecule has 0 radical (unpaired) electrons. The summed E-state index contributed by atoms with van der Waals surface area (Å²) in [7, 11) is 0. The van der Waals surface area contributed by atoms with E-state index in [-0.39, 0.29) is 24.5 Å². The molecule has 5 aromatic carbocycles. The van der Waals surface area contributed by atoms with Crippen LogP contribution in [0.5, 0.6) is 0 Å². The van der Waals surface area contributed by atoms with Crippen LogP contribution in [0.2, 0.25) is 0 Å². The fourth-order valence-electron chi connectivity index (χ4n) is 5.02. The Bertz CT molecular complexity index is 1580. The number of hydrogen-bond acceptors (Lipinski definition) is 5. The van der Waals surface area contributed by atoms with E-state index in [9.17, 15) is 9.59 Å². The van der Waals surface area contributed by atoms with Gasteiger partial charge in [0.2, 0.25) is 0 Å². The molecular formula is C38H36N2O4. The number of rotatable bonds is 11. The molecule has 0 fully saturated rings. The van der Waals surface area contributed by atoms with Gasteiger partial charge in [-0.2, -0.15) is 0 Å². The molecule has 0 saturated heterocycles. The van der Waals surface area contributed by atoms with Gasteiger partial charge in [0, 0.05) is 0 Å². The third kappa shape index (κ3) is 7.94. The highest BCUT2D eigenvalue weighted by Crippen LogP contribution is 2.31. The fourth-order valence-corrected chi connectivity index (χ4v) is 5.02. The van der Waals surface area contributed by atoms with Gasteiger partial charge in [-0.05, 0) is 34.4 Å². The average molecular weight is 585 g/mol. The number of benzene rings is 5. The van der Waals surface area contributed by atoms with Crippen LogP contribution in [0, 0.1) is 0 Å². The van der Waals surface area contributed by atoms with Gasteiger partial charge in [-0.1, -0.05) is 133 Å². The van der Waals surface area contributed by atoms with E-state index in [1.807, 2.05) is 121 Å². The van der Waals surface area contributed by atoms with Gasteiger partial charge in [-0.25, -0.2) is 0 Å². The summed E-state index contributed by atoms with van der Waals surface area (Å²) in [5.41, 5.74) is 11.1. The van der Waals surface area contributed by atoms with E-state index in [2.05, 4.69) is 0 Å². The molecule has 2 N–H and O–H groups in total. The minimum absolute atomic E-state index is 0.0556. The predicted octanol–water partition coefficient (Wildman–Crippen LogP) is 7.14. The third-order valence-electron chi connectivity index (χ3n) is 7.35. The van der Waals surface area contributed by atoms with Crippen molar-refractivity contribution in [2.24, 2.45) is 5.73 Å². The van der Waals surface area contributed by atoms with E-state index in [4.69, 9.17) is 15.2 Å². The molecule has 2 amide bonds. The molecule has 44 heavy (non-hydrogen) atoms. The highest BCUT2D eigenvalue weighted by molar-refractivity contribution is 6.21. The second-order valence-corrected chi connectivity index (χ2v) is 10.5. The topological polar surface area (TPSA) is 81.9 Å². The van der Waals surface area contributed by atoms with Crippen molar-refractivity contribution in [3.8, 4) is 0 Å². The quantitative estimate of drug-likeness (QED) is 0.167. The zero-order chi connectivity index (χ0) is 30.6. The lowest BCUT2D eigenvalue weighted by Gasteiger charge is -2.26. The van der Waals surface area contributed by atoms with Crippen LogP contribution >= 0.6 is 0 Å². The standard InChI is InChI=1S/C23H19NO3.C15H17NO/c25-22-19-13-7-8-14-20(19)23(26)24(22)21(18-11-5-2-6-12-18)16-27-15-17-9-3-1-4-10-17;16-15(14-9-5-2-6-10-14)12-17-11-13-7-3-1-4-8-13/h1-14,21H,15-16H2;1-10,15H,11-12,16H2/t21-;15-/m00/s1. The number of nitrogens with two attached hydrogens (primary N) is 1. The Hall–Kier alpha value is -4.88. The van der Waals surface area contributed by atoms with Crippen LogP contribution in [-0.4, -0.2) is 29.9 Å². The summed E-state index contributed by atoms with van der Waals surface area (Å²) in [5.74, 6) is -0.541.